The number of nitrogens with zero attached hydrogens (tertiary/aromatic N) is 2. The average molecular weight is 189 g/mol. The molecule has 72 valence electrons. The predicted octanol–water partition coefficient (Wildman–Crippen LogP) is 0.354. The molecule has 1 amide bonds. The Kier molecular flexibility index (Phi) is 4.15. The monoisotopic (exact) mass is 189 g/mol. The van der Waals surface area contributed by atoms with Crippen molar-refractivity contribution in [2.45, 2.75) is 13.3 Å². The highest BCUT2D eigenvalue weighted by molar-refractivity contribution is 5.72. The van der Waals surface area contributed by atoms with E-state index in [4.69, 9.17) is 0 Å². The van der Waals surface area contributed by atoms with Gasteiger partial charge in [-0.1, -0.05) is 11.8 Å². The molecule has 0 atom stereocenters. The van der Waals surface area contributed by atoms with Gasteiger partial charge >= 0.3 is 0 Å². The van der Waals surface area contributed by atoms with Gasteiger partial charge in [0.2, 0.25) is 5.91 Å². The van der Waals surface area contributed by atoms with Gasteiger partial charge in [-0.2, -0.15) is 0 Å². The van der Waals surface area contributed by atoms with E-state index < -0.39 is 0 Å². The van der Waals surface area contributed by atoms with Crippen LogP contribution in [-0.2, 0) is 4.79 Å². The summed E-state index contributed by atoms with van der Waals surface area (Å²) in [4.78, 5) is 18.2. The zero-order valence-corrected chi connectivity index (χ0v) is 7.95. The summed E-state index contributed by atoms with van der Waals surface area (Å²) in [5.41, 5.74) is 0.787. The first-order valence-corrected chi connectivity index (χ1v) is 4.27. The van der Waals surface area contributed by atoms with Crippen LogP contribution in [0.15, 0.2) is 18.7 Å². The highest BCUT2D eigenvalue weighted by Gasteiger charge is 1.87. The molecule has 1 N–H and O–H groups in total. The lowest BCUT2D eigenvalue weighted by Crippen LogP contribution is -2.20. The maximum Gasteiger partial charge on any atom is 0.216 e. The Labute approximate surface area is 82.8 Å². The summed E-state index contributed by atoms with van der Waals surface area (Å²) in [6.45, 7) is 2.06. The van der Waals surface area contributed by atoms with Crippen LogP contribution in [0.4, 0.5) is 0 Å². The van der Waals surface area contributed by atoms with Crippen LogP contribution in [0.25, 0.3) is 0 Å². The Bertz CT molecular complexity index is 351. The maximum absolute atomic E-state index is 10.5. The number of nitrogens with one attached hydrogen (secondary N) is 1. The summed E-state index contributed by atoms with van der Waals surface area (Å²) in [5, 5.41) is 2.66. The van der Waals surface area contributed by atoms with E-state index in [1.165, 1.54) is 13.3 Å². The van der Waals surface area contributed by atoms with E-state index in [-0.39, 0.29) is 5.91 Å². The minimum absolute atomic E-state index is 0.0326. The van der Waals surface area contributed by atoms with Crippen molar-refractivity contribution in [3.63, 3.8) is 0 Å². The van der Waals surface area contributed by atoms with Gasteiger partial charge in [0.15, 0.2) is 0 Å². The van der Waals surface area contributed by atoms with Crippen LogP contribution in [0.5, 0.6) is 0 Å². The summed E-state index contributed by atoms with van der Waals surface area (Å²) >= 11 is 0. The molecule has 0 spiro atoms. The second-order valence-electron chi connectivity index (χ2n) is 2.66. The summed E-state index contributed by atoms with van der Waals surface area (Å²) in [7, 11) is 0. The van der Waals surface area contributed by atoms with Gasteiger partial charge in [0, 0.05) is 32.3 Å². The molecule has 4 heteroatoms. The minimum Gasteiger partial charge on any atom is -0.355 e. The van der Waals surface area contributed by atoms with Crippen molar-refractivity contribution in [3.8, 4) is 11.8 Å². The SMILES string of the molecule is CC(=O)NCCC#Cc1cncnc1. The van der Waals surface area contributed by atoms with Crippen molar-refractivity contribution < 1.29 is 4.79 Å². The van der Waals surface area contributed by atoms with Crippen molar-refractivity contribution in [3.05, 3.63) is 24.3 Å². The fourth-order valence-corrected chi connectivity index (χ4v) is 0.829. The molecule has 0 fully saturated rings. The zero-order chi connectivity index (χ0) is 10.2. The van der Waals surface area contributed by atoms with Crippen molar-refractivity contribution in [1.82, 2.24) is 15.3 Å². The molecule has 0 saturated carbocycles. The molecule has 4 nitrogen and oxygen atoms in total. The van der Waals surface area contributed by atoms with Crippen molar-refractivity contribution >= 4 is 5.91 Å². The Morgan fingerprint density at radius 1 is 1.50 bits per heavy atom. The standard InChI is InChI=1S/C10H11N3O/c1-9(14)13-5-3-2-4-10-6-11-8-12-7-10/h6-8H,3,5H2,1H3,(H,13,14). The fourth-order valence-electron chi connectivity index (χ4n) is 0.829. The third-order valence-corrected chi connectivity index (χ3v) is 1.42. The molecule has 0 unspecified atom stereocenters. The predicted molar refractivity (Wildman–Crippen MR) is 52.2 cm³/mol. The smallest absolute Gasteiger partial charge is 0.216 e. The van der Waals surface area contributed by atoms with Crippen LogP contribution >= 0.6 is 0 Å². The first-order chi connectivity index (χ1) is 6.79. The molecule has 1 aromatic rings. The van der Waals surface area contributed by atoms with E-state index in [2.05, 4.69) is 27.1 Å². The molecule has 0 aliphatic rings. The van der Waals surface area contributed by atoms with Crippen LogP contribution in [0, 0.1) is 11.8 Å². The zero-order valence-electron chi connectivity index (χ0n) is 7.95. The van der Waals surface area contributed by atoms with Gasteiger partial charge in [0.05, 0.1) is 5.56 Å². The van der Waals surface area contributed by atoms with E-state index >= 15 is 0 Å². The molecule has 0 saturated heterocycles. The molecule has 0 radical (unpaired) electrons. The summed E-state index contributed by atoms with van der Waals surface area (Å²) in [6, 6.07) is 0. The third-order valence-electron chi connectivity index (χ3n) is 1.42. The number of carbonyl (C=O) groups excluding carboxylic acids is 1. The van der Waals surface area contributed by atoms with Crippen molar-refractivity contribution in [1.29, 1.82) is 0 Å². The quantitative estimate of drug-likeness (QED) is 0.539. The molecular weight excluding hydrogens is 178 g/mol. The lowest BCUT2D eigenvalue weighted by Gasteiger charge is -1.94. The summed E-state index contributed by atoms with van der Waals surface area (Å²) in [6.07, 6.45) is 5.40. The van der Waals surface area contributed by atoms with E-state index in [9.17, 15) is 4.79 Å². The van der Waals surface area contributed by atoms with Gasteiger partial charge in [-0.15, -0.1) is 0 Å². The molecule has 0 aliphatic heterocycles. The number of hydrogen-bond acceptors (Lipinski definition) is 3. The number of aromatic nitrogens is 2. The molecular formula is C10H11N3O. The first kappa shape index (κ1) is 10.2. The molecule has 0 bridgehead atoms. The average Bonchev–Trinajstić information content (AvgIpc) is 2.18. The second-order valence-corrected chi connectivity index (χ2v) is 2.66. The number of rotatable bonds is 2. The van der Waals surface area contributed by atoms with Gasteiger partial charge in [-0.05, 0) is 0 Å². The number of amides is 1. The fraction of sp³-hybridized carbons (Fsp3) is 0.300. The van der Waals surface area contributed by atoms with Crippen LogP contribution in [-0.4, -0.2) is 22.4 Å². The van der Waals surface area contributed by atoms with Crippen LogP contribution in [0.2, 0.25) is 0 Å². The van der Waals surface area contributed by atoms with Gasteiger partial charge in [0.25, 0.3) is 0 Å². The first-order valence-electron chi connectivity index (χ1n) is 4.27. The highest BCUT2D eigenvalue weighted by atomic mass is 16.1. The summed E-state index contributed by atoms with van der Waals surface area (Å²) < 4.78 is 0. The Balaban J connectivity index is 2.31. The molecule has 0 aliphatic carbocycles. The van der Waals surface area contributed by atoms with Gasteiger partial charge in [-0.25, -0.2) is 9.97 Å². The minimum atomic E-state index is -0.0326. The third kappa shape index (κ3) is 4.21. The molecule has 1 heterocycles. The molecule has 0 aromatic carbocycles. The topological polar surface area (TPSA) is 54.9 Å². The molecule has 14 heavy (non-hydrogen) atoms. The summed E-state index contributed by atoms with van der Waals surface area (Å²) in [5.74, 6) is 5.77. The van der Waals surface area contributed by atoms with Crippen molar-refractivity contribution in [2.24, 2.45) is 0 Å². The van der Waals surface area contributed by atoms with Gasteiger partial charge < -0.3 is 5.32 Å². The highest BCUT2D eigenvalue weighted by Crippen LogP contribution is 1.88. The van der Waals surface area contributed by atoms with Crippen LogP contribution in [0.3, 0.4) is 0 Å². The van der Waals surface area contributed by atoms with E-state index in [1.54, 1.807) is 12.4 Å². The largest absolute Gasteiger partial charge is 0.355 e. The van der Waals surface area contributed by atoms with Crippen molar-refractivity contribution in [2.75, 3.05) is 6.54 Å². The number of hydrogen-bond donors (Lipinski definition) is 1. The Morgan fingerprint density at radius 2 is 2.21 bits per heavy atom. The van der Waals surface area contributed by atoms with E-state index in [0.29, 0.717) is 13.0 Å². The van der Waals surface area contributed by atoms with Gasteiger partial charge in [0.1, 0.15) is 6.33 Å². The van der Waals surface area contributed by atoms with E-state index in [0.717, 1.165) is 5.56 Å². The molecule has 1 rings (SSSR count). The maximum atomic E-state index is 10.5. The normalized spacial score (nSPS) is 8.64. The Morgan fingerprint density at radius 3 is 2.86 bits per heavy atom. The van der Waals surface area contributed by atoms with Crippen LogP contribution < -0.4 is 5.32 Å². The lowest BCUT2D eigenvalue weighted by atomic mass is 10.3. The van der Waals surface area contributed by atoms with Crippen LogP contribution in [0.1, 0.15) is 18.9 Å². The molecule has 1 aromatic heterocycles. The van der Waals surface area contributed by atoms with Gasteiger partial charge in [-0.3, -0.25) is 4.79 Å². The Hall–Kier alpha value is -1.89. The van der Waals surface area contributed by atoms with E-state index in [1.807, 2.05) is 0 Å². The second kappa shape index (κ2) is 5.70. The number of carbonyl (C=O) groups is 1. The lowest BCUT2D eigenvalue weighted by molar-refractivity contribution is -0.118.